The molecule has 7 heteroatoms. The number of nitriles is 1. The predicted octanol–water partition coefficient (Wildman–Crippen LogP) is 1.80. The van der Waals surface area contributed by atoms with Crippen molar-refractivity contribution in [1.82, 2.24) is 20.0 Å². The van der Waals surface area contributed by atoms with Crippen LogP contribution in [0.3, 0.4) is 0 Å². The van der Waals surface area contributed by atoms with E-state index >= 15 is 0 Å². The highest BCUT2D eigenvalue weighted by atomic mass is 16.2. The molecule has 1 saturated heterocycles. The zero-order chi connectivity index (χ0) is 18.4. The summed E-state index contributed by atoms with van der Waals surface area (Å²) in [6.07, 6.45) is 0.420. The van der Waals surface area contributed by atoms with Gasteiger partial charge in [0.2, 0.25) is 5.91 Å². The number of benzene rings is 1. The van der Waals surface area contributed by atoms with Crippen LogP contribution in [0.4, 0.5) is 11.5 Å². The molecule has 0 radical (unpaired) electrons. The molecule has 2 aromatic rings. The van der Waals surface area contributed by atoms with E-state index in [-0.39, 0.29) is 11.6 Å². The second-order valence-electron chi connectivity index (χ2n) is 6.23. The smallest absolute Gasteiger partial charge is 0.227 e. The van der Waals surface area contributed by atoms with E-state index in [0.717, 1.165) is 44.0 Å². The molecule has 0 aliphatic carbocycles. The SMILES string of the molecule is CCN1CCN(C(=O)Cc2ccc(Nc3ccc(C#N)nn3)cc2)CC1. The monoisotopic (exact) mass is 350 g/mol. The Balaban J connectivity index is 1.54. The molecular weight excluding hydrogens is 328 g/mol. The normalized spacial score (nSPS) is 14.7. The van der Waals surface area contributed by atoms with E-state index in [9.17, 15) is 4.79 Å². The molecule has 0 atom stereocenters. The van der Waals surface area contributed by atoms with Crippen molar-refractivity contribution in [3.8, 4) is 6.07 Å². The summed E-state index contributed by atoms with van der Waals surface area (Å²) in [6.45, 7) is 6.72. The molecule has 1 N–H and O–H groups in total. The van der Waals surface area contributed by atoms with E-state index in [1.165, 1.54) is 0 Å². The molecule has 1 fully saturated rings. The fourth-order valence-electron chi connectivity index (χ4n) is 2.91. The van der Waals surface area contributed by atoms with Gasteiger partial charge in [0, 0.05) is 31.9 Å². The Morgan fingerprint density at radius 1 is 1.12 bits per heavy atom. The van der Waals surface area contributed by atoms with Crippen LogP contribution in [0, 0.1) is 11.3 Å². The molecular formula is C19H22N6O. The lowest BCUT2D eigenvalue weighted by Crippen LogP contribution is -2.48. The van der Waals surface area contributed by atoms with Crippen LogP contribution in [0.25, 0.3) is 0 Å². The summed E-state index contributed by atoms with van der Waals surface area (Å²) < 4.78 is 0. The molecule has 1 aliphatic rings. The fourth-order valence-corrected chi connectivity index (χ4v) is 2.91. The van der Waals surface area contributed by atoms with E-state index in [2.05, 4.69) is 27.3 Å². The lowest BCUT2D eigenvalue weighted by molar-refractivity contribution is -0.132. The van der Waals surface area contributed by atoms with Gasteiger partial charge in [0.1, 0.15) is 6.07 Å². The number of aromatic nitrogens is 2. The number of rotatable bonds is 5. The molecule has 0 saturated carbocycles. The number of carbonyl (C=O) groups excluding carboxylic acids is 1. The largest absolute Gasteiger partial charge is 0.340 e. The maximum atomic E-state index is 12.4. The van der Waals surface area contributed by atoms with Gasteiger partial charge in [0.15, 0.2) is 11.5 Å². The third-order valence-electron chi connectivity index (χ3n) is 4.53. The van der Waals surface area contributed by atoms with Gasteiger partial charge in [-0.15, -0.1) is 10.2 Å². The van der Waals surface area contributed by atoms with E-state index < -0.39 is 0 Å². The second-order valence-corrected chi connectivity index (χ2v) is 6.23. The fraction of sp³-hybridized carbons (Fsp3) is 0.368. The van der Waals surface area contributed by atoms with Gasteiger partial charge in [-0.05, 0) is 36.4 Å². The maximum absolute atomic E-state index is 12.4. The molecule has 0 unspecified atom stereocenters. The van der Waals surface area contributed by atoms with Gasteiger partial charge in [-0.25, -0.2) is 0 Å². The van der Waals surface area contributed by atoms with Gasteiger partial charge in [-0.3, -0.25) is 4.79 Å². The first-order valence-corrected chi connectivity index (χ1v) is 8.78. The third kappa shape index (κ3) is 4.55. The maximum Gasteiger partial charge on any atom is 0.227 e. The topological polar surface area (TPSA) is 85.1 Å². The summed E-state index contributed by atoms with van der Waals surface area (Å²) in [7, 11) is 0. The van der Waals surface area contributed by atoms with Crippen molar-refractivity contribution in [2.45, 2.75) is 13.3 Å². The van der Waals surface area contributed by atoms with Crippen molar-refractivity contribution < 1.29 is 4.79 Å². The van der Waals surface area contributed by atoms with Gasteiger partial charge in [-0.2, -0.15) is 5.26 Å². The predicted molar refractivity (Wildman–Crippen MR) is 98.9 cm³/mol. The molecule has 7 nitrogen and oxygen atoms in total. The number of hydrogen-bond donors (Lipinski definition) is 1. The number of nitrogens with zero attached hydrogens (tertiary/aromatic N) is 5. The molecule has 0 bridgehead atoms. The molecule has 134 valence electrons. The number of hydrogen-bond acceptors (Lipinski definition) is 6. The Morgan fingerprint density at radius 3 is 2.42 bits per heavy atom. The zero-order valence-electron chi connectivity index (χ0n) is 14.9. The van der Waals surface area contributed by atoms with Crippen LogP contribution in [0.5, 0.6) is 0 Å². The van der Waals surface area contributed by atoms with Crippen molar-refractivity contribution in [2.75, 3.05) is 38.0 Å². The van der Waals surface area contributed by atoms with Crippen molar-refractivity contribution in [3.05, 3.63) is 47.7 Å². The standard InChI is InChI=1S/C19H22N6O/c1-2-24-9-11-25(12-10-24)19(26)13-15-3-5-16(6-4-15)21-18-8-7-17(14-20)22-23-18/h3-8H,2,9-13H2,1H3,(H,21,23). The van der Waals surface area contributed by atoms with Crippen LogP contribution in [-0.4, -0.2) is 58.6 Å². The Morgan fingerprint density at radius 2 is 1.85 bits per heavy atom. The summed E-state index contributed by atoms with van der Waals surface area (Å²) >= 11 is 0. The number of amides is 1. The van der Waals surface area contributed by atoms with Gasteiger partial charge in [0.25, 0.3) is 0 Å². The van der Waals surface area contributed by atoms with Gasteiger partial charge < -0.3 is 15.1 Å². The number of anilines is 2. The second kappa shape index (κ2) is 8.41. The quantitative estimate of drug-likeness (QED) is 0.885. The minimum absolute atomic E-state index is 0.180. The average Bonchev–Trinajstić information content (AvgIpc) is 2.70. The molecule has 1 aliphatic heterocycles. The van der Waals surface area contributed by atoms with Crippen LogP contribution in [0.1, 0.15) is 18.2 Å². The van der Waals surface area contributed by atoms with Crippen LogP contribution in [0.15, 0.2) is 36.4 Å². The minimum atomic E-state index is 0.180. The van der Waals surface area contributed by atoms with Crippen molar-refractivity contribution in [3.63, 3.8) is 0 Å². The highest BCUT2D eigenvalue weighted by Gasteiger charge is 2.20. The molecule has 3 rings (SSSR count). The van der Waals surface area contributed by atoms with Gasteiger partial charge in [0.05, 0.1) is 6.42 Å². The van der Waals surface area contributed by atoms with E-state index in [1.807, 2.05) is 35.2 Å². The third-order valence-corrected chi connectivity index (χ3v) is 4.53. The number of likely N-dealkylation sites (N-methyl/N-ethyl adjacent to an activating group) is 1. The van der Waals surface area contributed by atoms with Crippen molar-refractivity contribution >= 4 is 17.4 Å². The first kappa shape index (κ1) is 17.8. The first-order valence-electron chi connectivity index (χ1n) is 8.78. The highest BCUT2D eigenvalue weighted by molar-refractivity contribution is 5.79. The zero-order valence-corrected chi connectivity index (χ0v) is 14.9. The van der Waals surface area contributed by atoms with Crippen LogP contribution >= 0.6 is 0 Å². The van der Waals surface area contributed by atoms with Gasteiger partial charge in [-0.1, -0.05) is 19.1 Å². The number of piperazine rings is 1. The van der Waals surface area contributed by atoms with Crippen molar-refractivity contribution in [1.29, 1.82) is 5.26 Å². The van der Waals surface area contributed by atoms with Gasteiger partial charge >= 0.3 is 0 Å². The summed E-state index contributed by atoms with van der Waals surface area (Å²) in [6, 6.07) is 13.0. The van der Waals surface area contributed by atoms with E-state index in [4.69, 9.17) is 5.26 Å². The van der Waals surface area contributed by atoms with Crippen LogP contribution in [-0.2, 0) is 11.2 Å². The summed E-state index contributed by atoms with van der Waals surface area (Å²) in [5.41, 5.74) is 2.13. The number of carbonyl (C=O) groups is 1. The van der Waals surface area contributed by atoms with Crippen LogP contribution in [0.2, 0.25) is 0 Å². The Hall–Kier alpha value is -2.98. The lowest BCUT2D eigenvalue weighted by Gasteiger charge is -2.34. The molecule has 1 aromatic heterocycles. The first-order chi connectivity index (χ1) is 12.7. The Labute approximate surface area is 153 Å². The molecule has 1 amide bonds. The number of nitrogens with one attached hydrogen (secondary N) is 1. The minimum Gasteiger partial charge on any atom is -0.340 e. The Bertz CT molecular complexity index is 773. The molecule has 26 heavy (non-hydrogen) atoms. The molecule has 0 spiro atoms. The average molecular weight is 350 g/mol. The van der Waals surface area contributed by atoms with Crippen molar-refractivity contribution in [2.24, 2.45) is 0 Å². The lowest BCUT2D eigenvalue weighted by atomic mass is 10.1. The molecule has 2 heterocycles. The van der Waals surface area contributed by atoms with Crippen LogP contribution < -0.4 is 5.32 Å². The summed E-state index contributed by atoms with van der Waals surface area (Å²) in [5, 5.41) is 19.6. The molecule has 1 aromatic carbocycles. The highest BCUT2D eigenvalue weighted by Crippen LogP contribution is 2.16. The van der Waals surface area contributed by atoms with E-state index in [0.29, 0.717) is 12.2 Å². The Kier molecular flexibility index (Phi) is 5.77. The van der Waals surface area contributed by atoms with E-state index in [1.54, 1.807) is 12.1 Å². The summed E-state index contributed by atoms with van der Waals surface area (Å²) in [4.78, 5) is 16.8. The summed E-state index contributed by atoms with van der Waals surface area (Å²) in [5.74, 6) is 0.751.